The van der Waals surface area contributed by atoms with Crippen molar-refractivity contribution in [1.29, 1.82) is 5.26 Å². The molecule has 2 aliphatic rings. The second-order valence-corrected chi connectivity index (χ2v) is 6.56. The molecule has 3 rings (SSSR count). The molecule has 1 spiro atoms. The van der Waals surface area contributed by atoms with Crippen LogP contribution in [-0.4, -0.2) is 40.4 Å². The van der Waals surface area contributed by atoms with Crippen LogP contribution in [0.3, 0.4) is 0 Å². The molecule has 0 atom stereocenters. The topological polar surface area (TPSA) is 128 Å². The lowest BCUT2D eigenvalue weighted by molar-refractivity contribution is -0.384. The molecule has 2 fully saturated rings. The smallest absolute Gasteiger partial charge is 0.325 e. The average Bonchev–Trinajstić information content (AvgIpc) is 3.18. The molecule has 26 heavy (non-hydrogen) atoms. The summed E-state index contributed by atoms with van der Waals surface area (Å²) in [5, 5.41) is 25.7. The molecule has 2 N–H and O–H groups in total. The lowest BCUT2D eigenvalue weighted by Gasteiger charge is -2.20. The summed E-state index contributed by atoms with van der Waals surface area (Å²) in [5.41, 5.74) is -0.373. The van der Waals surface area contributed by atoms with Gasteiger partial charge in [-0.15, -0.1) is 0 Å². The summed E-state index contributed by atoms with van der Waals surface area (Å²) in [6.45, 7) is 0.611. The minimum atomic E-state index is -0.712. The summed E-state index contributed by atoms with van der Waals surface area (Å²) in [6.07, 6.45) is 3.70. The van der Waals surface area contributed by atoms with Crippen molar-refractivity contribution in [2.75, 3.05) is 18.4 Å². The second-order valence-electron chi connectivity index (χ2n) is 6.56. The maximum atomic E-state index is 12.5. The zero-order valence-corrected chi connectivity index (χ0v) is 14.2. The van der Waals surface area contributed by atoms with Crippen LogP contribution >= 0.6 is 0 Å². The second kappa shape index (κ2) is 7.00. The van der Waals surface area contributed by atoms with Gasteiger partial charge in [-0.3, -0.25) is 19.8 Å². The van der Waals surface area contributed by atoms with Gasteiger partial charge >= 0.3 is 6.03 Å². The number of rotatable bonds is 6. The van der Waals surface area contributed by atoms with Crippen LogP contribution in [0.2, 0.25) is 0 Å². The highest BCUT2D eigenvalue weighted by molar-refractivity contribution is 6.07. The Morgan fingerprint density at radius 1 is 1.35 bits per heavy atom. The van der Waals surface area contributed by atoms with Crippen LogP contribution in [0.4, 0.5) is 16.2 Å². The van der Waals surface area contributed by atoms with Crippen molar-refractivity contribution in [3.05, 3.63) is 33.9 Å². The number of carbonyl (C=O) groups is 2. The quantitative estimate of drug-likeness (QED) is 0.347. The van der Waals surface area contributed by atoms with Crippen molar-refractivity contribution in [3.63, 3.8) is 0 Å². The Kier molecular flexibility index (Phi) is 4.75. The van der Waals surface area contributed by atoms with Crippen molar-refractivity contribution in [2.24, 2.45) is 0 Å². The van der Waals surface area contributed by atoms with E-state index in [0.717, 1.165) is 12.8 Å². The summed E-state index contributed by atoms with van der Waals surface area (Å²) in [7, 11) is 0. The number of carbonyl (C=O) groups excluding carboxylic acids is 2. The Balaban J connectivity index is 1.56. The number of benzene rings is 1. The van der Waals surface area contributed by atoms with Crippen LogP contribution in [0, 0.1) is 21.4 Å². The van der Waals surface area contributed by atoms with Crippen molar-refractivity contribution in [2.45, 2.75) is 37.6 Å². The minimum absolute atomic E-state index is 0.163. The molecule has 0 bridgehead atoms. The first-order valence-electron chi connectivity index (χ1n) is 8.53. The van der Waals surface area contributed by atoms with Gasteiger partial charge in [0.15, 0.2) is 0 Å². The van der Waals surface area contributed by atoms with Crippen molar-refractivity contribution >= 4 is 23.3 Å². The van der Waals surface area contributed by atoms with Crippen molar-refractivity contribution in [3.8, 4) is 6.07 Å². The standard InChI is InChI=1S/C17H19N5O4/c18-11-12-4-5-13(14(10-12)22(25)26)19-8-3-9-21-15(23)17(20-16(21)24)6-1-2-7-17/h4-5,10,19H,1-3,6-9H2,(H,20,24). The number of nitro benzene ring substituents is 1. The molecule has 9 nitrogen and oxygen atoms in total. The molecule has 0 radical (unpaired) electrons. The summed E-state index contributed by atoms with van der Waals surface area (Å²) in [4.78, 5) is 36.4. The predicted molar refractivity (Wildman–Crippen MR) is 92.4 cm³/mol. The maximum Gasteiger partial charge on any atom is 0.325 e. The molecule has 1 heterocycles. The van der Waals surface area contributed by atoms with E-state index >= 15 is 0 Å². The normalized spacial score (nSPS) is 18.0. The number of nitrogens with zero attached hydrogens (tertiary/aromatic N) is 3. The van der Waals surface area contributed by atoms with Crippen LogP contribution in [-0.2, 0) is 4.79 Å². The molecule has 1 aliphatic heterocycles. The van der Waals surface area contributed by atoms with E-state index < -0.39 is 10.5 Å². The molecule has 136 valence electrons. The number of nitrogens with one attached hydrogen (secondary N) is 2. The monoisotopic (exact) mass is 357 g/mol. The number of anilines is 1. The third kappa shape index (κ3) is 3.18. The van der Waals surface area contributed by atoms with E-state index in [1.165, 1.54) is 23.1 Å². The zero-order valence-electron chi connectivity index (χ0n) is 14.2. The zero-order chi connectivity index (χ0) is 18.7. The number of nitro groups is 1. The lowest BCUT2D eigenvalue weighted by atomic mass is 9.98. The number of hydrogen-bond donors (Lipinski definition) is 2. The fourth-order valence-corrected chi connectivity index (χ4v) is 3.56. The number of imide groups is 1. The first-order valence-corrected chi connectivity index (χ1v) is 8.53. The molecule has 1 aliphatic carbocycles. The van der Waals surface area contributed by atoms with E-state index in [4.69, 9.17) is 5.26 Å². The number of hydrogen-bond acceptors (Lipinski definition) is 6. The highest BCUT2D eigenvalue weighted by Crippen LogP contribution is 2.35. The van der Waals surface area contributed by atoms with Gasteiger partial charge in [-0.05, 0) is 31.4 Å². The molecule has 9 heteroatoms. The van der Waals surface area contributed by atoms with Gasteiger partial charge < -0.3 is 10.6 Å². The van der Waals surface area contributed by atoms with E-state index in [2.05, 4.69) is 10.6 Å². The fourth-order valence-electron chi connectivity index (χ4n) is 3.56. The van der Waals surface area contributed by atoms with Crippen LogP contribution in [0.5, 0.6) is 0 Å². The SMILES string of the molecule is N#Cc1ccc(NCCCN2C(=O)NC3(CCCC3)C2=O)c([N+](=O)[O-])c1. The van der Waals surface area contributed by atoms with E-state index in [9.17, 15) is 19.7 Å². The highest BCUT2D eigenvalue weighted by Gasteiger charge is 2.51. The van der Waals surface area contributed by atoms with Crippen LogP contribution < -0.4 is 10.6 Å². The highest BCUT2D eigenvalue weighted by atomic mass is 16.6. The van der Waals surface area contributed by atoms with E-state index in [-0.39, 0.29) is 29.7 Å². The van der Waals surface area contributed by atoms with Crippen LogP contribution in [0.15, 0.2) is 18.2 Å². The van der Waals surface area contributed by atoms with Gasteiger partial charge in [0, 0.05) is 19.2 Å². The van der Waals surface area contributed by atoms with Gasteiger partial charge in [0.25, 0.3) is 11.6 Å². The van der Waals surface area contributed by atoms with Gasteiger partial charge in [0.2, 0.25) is 0 Å². The third-order valence-corrected chi connectivity index (χ3v) is 4.90. The molecule has 1 aromatic rings. The first kappa shape index (κ1) is 17.7. The summed E-state index contributed by atoms with van der Waals surface area (Å²) >= 11 is 0. The van der Waals surface area contributed by atoms with Crippen molar-refractivity contribution in [1.82, 2.24) is 10.2 Å². The van der Waals surface area contributed by atoms with Gasteiger partial charge in [-0.2, -0.15) is 5.26 Å². The van der Waals surface area contributed by atoms with Gasteiger partial charge in [0.05, 0.1) is 16.6 Å². The van der Waals surface area contributed by atoms with Crippen molar-refractivity contribution < 1.29 is 14.5 Å². The lowest BCUT2D eigenvalue weighted by Crippen LogP contribution is -2.44. The number of urea groups is 1. The largest absolute Gasteiger partial charge is 0.379 e. The Bertz CT molecular complexity index is 795. The summed E-state index contributed by atoms with van der Waals surface area (Å²) in [6, 6.07) is 5.70. The minimum Gasteiger partial charge on any atom is -0.379 e. The third-order valence-electron chi connectivity index (χ3n) is 4.90. The van der Waals surface area contributed by atoms with Gasteiger partial charge in [-0.25, -0.2) is 4.79 Å². The number of nitriles is 1. The molecule has 1 aromatic carbocycles. The Labute approximate surface area is 150 Å². The molecule has 1 saturated heterocycles. The Morgan fingerprint density at radius 3 is 2.73 bits per heavy atom. The number of amides is 3. The molecule has 0 unspecified atom stereocenters. The van der Waals surface area contributed by atoms with E-state index in [1.54, 1.807) is 0 Å². The molecular formula is C17H19N5O4. The summed E-state index contributed by atoms with van der Waals surface area (Å²) < 4.78 is 0. The van der Waals surface area contributed by atoms with Crippen LogP contribution in [0.1, 0.15) is 37.7 Å². The molecule has 3 amide bonds. The molecular weight excluding hydrogens is 338 g/mol. The van der Waals surface area contributed by atoms with Crippen LogP contribution in [0.25, 0.3) is 0 Å². The van der Waals surface area contributed by atoms with Gasteiger partial charge in [-0.1, -0.05) is 12.8 Å². The predicted octanol–water partition coefficient (Wildman–Crippen LogP) is 2.13. The maximum absolute atomic E-state index is 12.5. The average molecular weight is 357 g/mol. The molecule has 0 aromatic heterocycles. The van der Waals surface area contributed by atoms with E-state index in [0.29, 0.717) is 31.5 Å². The fraction of sp³-hybridized carbons (Fsp3) is 0.471. The Hall–Kier alpha value is -3.15. The van der Waals surface area contributed by atoms with Gasteiger partial charge in [0.1, 0.15) is 11.2 Å². The summed E-state index contributed by atoms with van der Waals surface area (Å²) in [5.74, 6) is -0.163. The Morgan fingerprint density at radius 2 is 2.08 bits per heavy atom. The van der Waals surface area contributed by atoms with E-state index in [1.807, 2.05) is 6.07 Å². The first-order chi connectivity index (χ1) is 12.5. The molecule has 1 saturated carbocycles.